The van der Waals surface area contributed by atoms with Gasteiger partial charge in [0.2, 0.25) is 0 Å². The van der Waals surface area contributed by atoms with Crippen LogP contribution in [0, 0.1) is 0 Å². The molecule has 0 amide bonds. The molecule has 2 aromatic carbocycles. The molecule has 0 bridgehead atoms. The fourth-order valence-corrected chi connectivity index (χ4v) is 2.85. The molecule has 4 rings (SSSR count). The van der Waals surface area contributed by atoms with Gasteiger partial charge in [0.25, 0.3) is 0 Å². The SMILES string of the molecule is O[C@@H]1CC[C@@H]1OCc1ccccc1.O[C@H]1CC[C@H]1OCc1ccccc1. The van der Waals surface area contributed by atoms with Gasteiger partial charge in [0.05, 0.1) is 37.6 Å². The molecule has 4 atom stereocenters. The fraction of sp³-hybridized carbons (Fsp3) is 0.455. The summed E-state index contributed by atoms with van der Waals surface area (Å²) in [5, 5.41) is 18.5. The summed E-state index contributed by atoms with van der Waals surface area (Å²) in [6, 6.07) is 20.1. The van der Waals surface area contributed by atoms with Crippen LogP contribution in [-0.2, 0) is 22.7 Å². The molecule has 0 radical (unpaired) electrons. The fourth-order valence-electron chi connectivity index (χ4n) is 2.85. The molecule has 0 aliphatic heterocycles. The highest BCUT2D eigenvalue weighted by Gasteiger charge is 2.29. The first-order valence-electron chi connectivity index (χ1n) is 9.39. The van der Waals surface area contributed by atoms with Crippen LogP contribution in [-0.4, -0.2) is 34.6 Å². The van der Waals surface area contributed by atoms with Gasteiger partial charge < -0.3 is 19.7 Å². The van der Waals surface area contributed by atoms with Crippen molar-refractivity contribution in [2.75, 3.05) is 0 Å². The minimum atomic E-state index is -0.233. The van der Waals surface area contributed by atoms with Crippen molar-refractivity contribution in [3.8, 4) is 0 Å². The van der Waals surface area contributed by atoms with E-state index in [4.69, 9.17) is 9.47 Å². The number of hydrogen-bond acceptors (Lipinski definition) is 4. The van der Waals surface area contributed by atoms with E-state index in [-0.39, 0.29) is 24.4 Å². The Balaban J connectivity index is 0.000000151. The van der Waals surface area contributed by atoms with Crippen LogP contribution in [0.2, 0.25) is 0 Å². The van der Waals surface area contributed by atoms with Crippen molar-refractivity contribution >= 4 is 0 Å². The molecule has 2 saturated carbocycles. The van der Waals surface area contributed by atoms with Crippen molar-refractivity contribution in [3.05, 3.63) is 71.8 Å². The maximum Gasteiger partial charge on any atom is 0.0839 e. The molecule has 2 aliphatic carbocycles. The third kappa shape index (κ3) is 5.64. The van der Waals surface area contributed by atoms with E-state index in [9.17, 15) is 10.2 Å². The third-order valence-electron chi connectivity index (χ3n) is 4.97. The highest BCUT2D eigenvalue weighted by molar-refractivity contribution is 5.14. The van der Waals surface area contributed by atoms with Gasteiger partial charge in [-0.25, -0.2) is 0 Å². The van der Waals surface area contributed by atoms with Gasteiger partial charge in [-0.05, 0) is 36.8 Å². The van der Waals surface area contributed by atoms with E-state index in [0.717, 1.165) is 25.7 Å². The second kappa shape index (κ2) is 9.83. The molecule has 2 aromatic rings. The summed E-state index contributed by atoms with van der Waals surface area (Å²) < 4.78 is 11.1. The van der Waals surface area contributed by atoms with E-state index in [1.54, 1.807) is 0 Å². The predicted octanol–water partition coefficient (Wildman–Crippen LogP) is 3.45. The maximum absolute atomic E-state index is 9.26. The number of aliphatic hydroxyl groups excluding tert-OH is 2. The highest BCUT2D eigenvalue weighted by Crippen LogP contribution is 2.24. The van der Waals surface area contributed by atoms with Gasteiger partial charge in [0.1, 0.15) is 0 Å². The molecular formula is C22H28O4. The zero-order valence-corrected chi connectivity index (χ0v) is 15.0. The summed E-state index contributed by atoms with van der Waals surface area (Å²) >= 11 is 0. The van der Waals surface area contributed by atoms with Crippen LogP contribution in [0.15, 0.2) is 60.7 Å². The second-order valence-corrected chi connectivity index (χ2v) is 6.96. The van der Waals surface area contributed by atoms with E-state index >= 15 is 0 Å². The number of hydrogen-bond donors (Lipinski definition) is 2. The largest absolute Gasteiger partial charge is 0.390 e. The Bertz CT molecular complexity index is 574. The molecule has 4 heteroatoms. The number of aliphatic hydroxyl groups is 2. The Hall–Kier alpha value is -1.72. The smallest absolute Gasteiger partial charge is 0.0839 e. The molecule has 0 spiro atoms. The zero-order chi connectivity index (χ0) is 18.2. The van der Waals surface area contributed by atoms with Crippen molar-refractivity contribution < 1.29 is 19.7 Å². The summed E-state index contributed by atoms with van der Waals surface area (Å²) in [4.78, 5) is 0. The average Bonchev–Trinajstić information content (AvgIpc) is 2.68. The van der Waals surface area contributed by atoms with E-state index < -0.39 is 0 Å². The monoisotopic (exact) mass is 356 g/mol. The summed E-state index contributed by atoms with van der Waals surface area (Å²) in [7, 11) is 0. The van der Waals surface area contributed by atoms with E-state index in [1.165, 1.54) is 11.1 Å². The molecule has 0 heterocycles. The van der Waals surface area contributed by atoms with E-state index in [2.05, 4.69) is 0 Å². The van der Waals surface area contributed by atoms with Gasteiger partial charge in [-0.2, -0.15) is 0 Å². The highest BCUT2D eigenvalue weighted by atomic mass is 16.5. The Labute approximate surface area is 155 Å². The van der Waals surface area contributed by atoms with Gasteiger partial charge in [-0.1, -0.05) is 60.7 Å². The Morgan fingerprint density at radius 3 is 1.27 bits per heavy atom. The Morgan fingerprint density at radius 2 is 1.00 bits per heavy atom. The molecule has 4 nitrogen and oxygen atoms in total. The molecular weight excluding hydrogens is 328 g/mol. The number of benzene rings is 2. The summed E-state index contributed by atoms with van der Waals surface area (Å²) in [5.41, 5.74) is 2.34. The zero-order valence-electron chi connectivity index (χ0n) is 15.0. The van der Waals surface area contributed by atoms with Gasteiger partial charge in [-0.15, -0.1) is 0 Å². The predicted molar refractivity (Wildman–Crippen MR) is 101 cm³/mol. The Kier molecular flexibility index (Phi) is 7.21. The van der Waals surface area contributed by atoms with Crippen LogP contribution in [0.3, 0.4) is 0 Å². The normalized spacial score (nSPS) is 26.8. The van der Waals surface area contributed by atoms with Crippen LogP contribution < -0.4 is 0 Å². The van der Waals surface area contributed by atoms with Crippen LogP contribution >= 0.6 is 0 Å². The molecule has 2 fully saturated rings. The summed E-state index contributed by atoms with van der Waals surface area (Å²) in [6.45, 7) is 1.23. The third-order valence-corrected chi connectivity index (χ3v) is 4.97. The minimum absolute atomic E-state index is 0.0696. The lowest BCUT2D eigenvalue weighted by atomic mass is 9.92. The van der Waals surface area contributed by atoms with Crippen molar-refractivity contribution in [1.82, 2.24) is 0 Å². The average molecular weight is 356 g/mol. The van der Waals surface area contributed by atoms with Crippen molar-refractivity contribution in [2.45, 2.75) is 63.3 Å². The van der Waals surface area contributed by atoms with Gasteiger partial charge in [0, 0.05) is 0 Å². The molecule has 0 unspecified atom stereocenters. The van der Waals surface area contributed by atoms with E-state index in [1.807, 2.05) is 60.7 Å². The lowest BCUT2D eigenvalue weighted by Crippen LogP contribution is -2.38. The molecule has 26 heavy (non-hydrogen) atoms. The molecule has 140 valence electrons. The van der Waals surface area contributed by atoms with Crippen molar-refractivity contribution in [1.29, 1.82) is 0 Å². The van der Waals surface area contributed by atoms with Gasteiger partial charge in [0.15, 0.2) is 0 Å². The lowest BCUT2D eigenvalue weighted by Gasteiger charge is -2.32. The first kappa shape index (κ1) is 19.1. The topological polar surface area (TPSA) is 58.9 Å². The standard InChI is InChI=1S/2C11H14O2/c2*12-10-6-7-11(10)13-8-9-4-2-1-3-5-9/h2*1-5,10-12H,6-8H2/t2*10-,11+/m10/s1. The van der Waals surface area contributed by atoms with Crippen molar-refractivity contribution in [3.63, 3.8) is 0 Å². The first-order chi connectivity index (χ1) is 12.7. The lowest BCUT2D eigenvalue weighted by molar-refractivity contribution is -0.103. The van der Waals surface area contributed by atoms with Crippen LogP contribution in [0.1, 0.15) is 36.8 Å². The summed E-state index contributed by atoms with van der Waals surface area (Å²) in [5.74, 6) is 0. The van der Waals surface area contributed by atoms with Crippen LogP contribution in [0.5, 0.6) is 0 Å². The molecule has 0 saturated heterocycles. The number of ether oxygens (including phenoxy) is 2. The van der Waals surface area contributed by atoms with Crippen LogP contribution in [0.25, 0.3) is 0 Å². The second-order valence-electron chi connectivity index (χ2n) is 6.96. The molecule has 2 aliphatic rings. The maximum atomic E-state index is 9.26. The Morgan fingerprint density at radius 1 is 0.615 bits per heavy atom. The van der Waals surface area contributed by atoms with Crippen molar-refractivity contribution in [2.24, 2.45) is 0 Å². The minimum Gasteiger partial charge on any atom is -0.390 e. The van der Waals surface area contributed by atoms with E-state index in [0.29, 0.717) is 13.2 Å². The van der Waals surface area contributed by atoms with Gasteiger partial charge in [-0.3, -0.25) is 0 Å². The summed E-state index contributed by atoms with van der Waals surface area (Å²) in [6.07, 6.45) is 3.44. The van der Waals surface area contributed by atoms with Crippen LogP contribution in [0.4, 0.5) is 0 Å². The molecule has 0 aromatic heterocycles. The quantitative estimate of drug-likeness (QED) is 0.832. The number of rotatable bonds is 6. The van der Waals surface area contributed by atoms with Gasteiger partial charge >= 0.3 is 0 Å². The first-order valence-corrected chi connectivity index (χ1v) is 9.39. The molecule has 2 N–H and O–H groups in total.